The van der Waals surface area contributed by atoms with Gasteiger partial charge in [0.1, 0.15) is 5.82 Å². The first-order valence-corrected chi connectivity index (χ1v) is 9.55. The van der Waals surface area contributed by atoms with Crippen LogP contribution in [-0.2, 0) is 17.8 Å². The van der Waals surface area contributed by atoms with Gasteiger partial charge in [-0.25, -0.2) is 4.39 Å². The second-order valence-corrected chi connectivity index (χ2v) is 7.50. The van der Waals surface area contributed by atoms with Crippen LogP contribution in [0.15, 0.2) is 48.5 Å². The van der Waals surface area contributed by atoms with Gasteiger partial charge in [0, 0.05) is 44.3 Å². The molecule has 0 spiro atoms. The van der Waals surface area contributed by atoms with E-state index < -0.39 is 0 Å². The molecule has 0 aromatic heterocycles. The highest BCUT2D eigenvalue weighted by atomic mass is 19.1. The van der Waals surface area contributed by atoms with Crippen LogP contribution in [0.2, 0.25) is 0 Å². The molecule has 1 N–H and O–H groups in total. The summed E-state index contributed by atoms with van der Waals surface area (Å²) < 4.78 is 13.3. The van der Waals surface area contributed by atoms with Crippen LogP contribution in [-0.4, -0.2) is 48.9 Å². The van der Waals surface area contributed by atoms with E-state index in [1.807, 2.05) is 31.2 Å². The Kier molecular flexibility index (Phi) is 6.58. The smallest absolute Gasteiger partial charge is 0.227 e. The highest BCUT2D eigenvalue weighted by Crippen LogP contribution is 2.16. The van der Waals surface area contributed by atoms with Crippen molar-refractivity contribution in [1.82, 2.24) is 9.80 Å². The Morgan fingerprint density at radius 3 is 2.52 bits per heavy atom. The first kappa shape index (κ1) is 19.5. The quantitative estimate of drug-likeness (QED) is 0.848. The van der Waals surface area contributed by atoms with E-state index in [2.05, 4.69) is 28.2 Å². The average Bonchev–Trinajstić information content (AvgIpc) is 2.64. The molecule has 144 valence electrons. The van der Waals surface area contributed by atoms with E-state index in [0.717, 1.165) is 44.0 Å². The summed E-state index contributed by atoms with van der Waals surface area (Å²) in [5.41, 5.74) is 2.86. The van der Waals surface area contributed by atoms with Crippen molar-refractivity contribution in [3.8, 4) is 0 Å². The molecule has 0 aliphatic carbocycles. The summed E-state index contributed by atoms with van der Waals surface area (Å²) >= 11 is 0. The second-order valence-electron chi connectivity index (χ2n) is 7.50. The van der Waals surface area contributed by atoms with Crippen molar-refractivity contribution in [2.24, 2.45) is 5.92 Å². The van der Waals surface area contributed by atoms with Crippen molar-refractivity contribution in [1.29, 1.82) is 0 Å². The molecule has 1 heterocycles. The van der Waals surface area contributed by atoms with Gasteiger partial charge in [0.2, 0.25) is 5.91 Å². The Morgan fingerprint density at radius 2 is 1.78 bits per heavy atom. The van der Waals surface area contributed by atoms with E-state index in [1.54, 1.807) is 6.07 Å². The highest BCUT2D eigenvalue weighted by molar-refractivity contribution is 5.92. The maximum Gasteiger partial charge on any atom is 0.227 e. The number of likely N-dealkylation sites (N-methyl/N-ethyl adjacent to an activating group) is 1. The molecule has 1 atom stereocenters. The number of rotatable bonds is 6. The van der Waals surface area contributed by atoms with Crippen molar-refractivity contribution < 1.29 is 9.18 Å². The molecule has 0 radical (unpaired) electrons. The summed E-state index contributed by atoms with van der Waals surface area (Å²) in [6.45, 7) is 7.09. The van der Waals surface area contributed by atoms with E-state index in [-0.39, 0.29) is 17.6 Å². The number of hydrogen-bond acceptors (Lipinski definition) is 3. The Hall–Kier alpha value is -2.24. The fraction of sp³-hybridized carbons (Fsp3) is 0.409. The molecule has 1 aliphatic heterocycles. The predicted octanol–water partition coefficient (Wildman–Crippen LogP) is 3.39. The molecule has 0 bridgehead atoms. The molecule has 1 fully saturated rings. The van der Waals surface area contributed by atoms with Gasteiger partial charge in [-0.2, -0.15) is 0 Å². The molecule has 27 heavy (non-hydrogen) atoms. The lowest BCUT2D eigenvalue weighted by Gasteiger charge is -2.32. The van der Waals surface area contributed by atoms with Crippen LogP contribution < -0.4 is 5.32 Å². The van der Waals surface area contributed by atoms with Crippen LogP contribution in [0.5, 0.6) is 0 Å². The number of anilines is 1. The maximum absolute atomic E-state index is 13.3. The summed E-state index contributed by atoms with van der Waals surface area (Å²) in [5, 5.41) is 3.00. The number of carbonyl (C=O) groups excluding carboxylic acids is 1. The van der Waals surface area contributed by atoms with Gasteiger partial charge < -0.3 is 10.2 Å². The fourth-order valence-electron chi connectivity index (χ4n) is 3.39. The van der Waals surface area contributed by atoms with Crippen molar-refractivity contribution in [3.05, 3.63) is 65.5 Å². The van der Waals surface area contributed by atoms with Crippen LogP contribution in [0.1, 0.15) is 18.1 Å². The van der Waals surface area contributed by atoms with Crippen molar-refractivity contribution >= 4 is 11.6 Å². The third-order valence-electron chi connectivity index (χ3n) is 5.08. The number of halogens is 1. The monoisotopic (exact) mass is 369 g/mol. The summed E-state index contributed by atoms with van der Waals surface area (Å²) in [5.74, 6) is -0.541. The van der Waals surface area contributed by atoms with Gasteiger partial charge in [0.05, 0.1) is 0 Å². The van der Waals surface area contributed by atoms with Crippen molar-refractivity contribution in [2.75, 3.05) is 38.5 Å². The molecular weight excluding hydrogens is 341 g/mol. The lowest BCUT2D eigenvalue weighted by Crippen LogP contribution is -2.43. The fourth-order valence-corrected chi connectivity index (χ4v) is 3.39. The second kappa shape index (κ2) is 9.11. The molecule has 1 aliphatic rings. The van der Waals surface area contributed by atoms with E-state index >= 15 is 0 Å². The topological polar surface area (TPSA) is 35.6 Å². The third-order valence-corrected chi connectivity index (χ3v) is 5.08. The lowest BCUT2D eigenvalue weighted by atomic mass is 10.00. The summed E-state index contributed by atoms with van der Waals surface area (Å²) in [6, 6.07) is 14.5. The SMILES string of the molecule is CC(Cc1cccc(F)c1)C(=O)Nc1cccc(CN2CCN(C)CC2)c1. The van der Waals surface area contributed by atoms with Crippen LogP contribution in [0.3, 0.4) is 0 Å². The minimum Gasteiger partial charge on any atom is -0.326 e. The van der Waals surface area contributed by atoms with Crippen LogP contribution in [0.4, 0.5) is 10.1 Å². The Morgan fingerprint density at radius 1 is 1.07 bits per heavy atom. The van der Waals surface area contributed by atoms with Crippen LogP contribution in [0.25, 0.3) is 0 Å². The minimum atomic E-state index is -0.267. The van der Waals surface area contributed by atoms with Gasteiger partial charge in [0.15, 0.2) is 0 Å². The van der Waals surface area contributed by atoms with E-state index in [9.17, 15) is 9.18 Å². The Bertz CT molecular complexity index is 772. The largest absolute Gasteiger partial charge is 0.326 e. The number of piperazine rings is 1. The van der Waals surface area contributed by atoms with Gasteiger partial charge in [-0.05, 0) is 48.9 Å². The van der Waals surface area contributed by atoms with Gasteiger partial charge in [0.25, 0.3) is 0 Å². The zero-order valence-electron chi connectivity index (χ0n) is 16.1. The van der Waals surface area contributed by atoms with E-state index in [0.29, 0.717) is 6.42 Å². The number of benzene rings is 2. The first-order chi connectivity index (χ1) is 13.0. The molecule has 5 heteroatoms. The first-order valence-electron chi connectivity index (χ1n) is 9.55. The highest BCUT2D eigenvalue weighted by Gasteiger charge is 2.16. The number of nitrogens with one attached hydrogen (secondary N) is 1. The van der Waals surface area contributed by atoms with Crippen molar-refractivity contribution in [2.45, 2.75) is 19.9 Å². The zero-order chi connectivity index (χ0) is 19.2. The molecule has 2 aromatic rings. The Balaban J connectivity index is 1.56. The van der Waals surface area contributed by atoms with Crippen molar-refractivity contribution in [3.63, 3.8) is 0 Å². The van der Waals surface area contributed by atoms with Gasteiger partial charge in [-0.15, -0.1) is 0 Å². The molecule has 2 aromatic carbocycles. The normalized spacial score (nSPS) is 16.9. The number of amides is 1. The molecule has 1 saturated heterocycles. The molecular formula is C22H28FN3O. The number of carbonyl (C=O) groups is 1. The minimum absolute atomic E-state index is 0.0454. The third kappa shape index (κ3) is 5.88. The predicted molar refractivity (Wildman–Crippen MR) is 107 cm³/mol. The lowest BCUT2D eigenvalue weighted by molar-refractivity contribution is -0.119. The summed E-state index contributed by atoms with van der Waals surface area (Å²) in [4.78, 5) is 17.3. The van der Waals surface area contributed by atoms with Gasteiger partial charge in [-0.3, -0.25) is 9.69 Å². The standard InChI is InChI=1S/C22H28FN3O/c1-17(13-18-5-3-7-20(23)14-18)22(27)24-21-8-4-6-19(15-21)16-26-11-9-25(2)10-12-26/h3-8,14-15,17H,9-13,16H2,1-2H3,(H,24,27). The Labute approximate surface area is 161 Å². The van der Waals surface area contributed by atoms with E-state index in [4.69, 9.17) is 0 Å². The molecule has 1 amide bonds. The molecule has 3 rings (SSSR count). The average molecular weight is 369 g/mol. The van der Waals surface area contributed by atoms with Gasteiger partial charge >= 0.3 is 0 Å². The molecule has 1 unspecified atom stereocenters. The summed E-state index contributed by atoms with van der Waals surface area (Å²) in [6.07, 6.45) is 0.518. The van der Waals surface area contributed by atoms with Gasteiger partial charge in [-0.1, -0.05) is 31.2 Å². The molecule has 0 saturated carbocycles. The molecule has 4 nitrogen and oxygen atoms in total. The van der Waals surface area contributed by atoms with E-state index in [1.165, 1.54) is 17.7 Å². The number of hydrogen-bond donors (Lipinski definition) is 1. The number of nitrogens with zero attached hydrogens (tertiary/aromatic N) is 2. The van der Waals surface area contributed by atoms with Crippen LogP contribution >= 0.6 is 0 Å². The van der Waals surface area contributed by atoms with Crippen LogP contribution in [0, 0.1) is 11.7 Å². The maximum atomic E-state index is 13.3. The zero-order valence-corrected chi connectivity index (χ0v) is 16.1. The summed E-state index contributed by atoms with van der Waals surface area (Å²) in [7, 11) is 2.15.